The van der Waals surface area contributed by atoms with E-state index in [9.17, 15) is 9.59 Å². The normalized spacial score (nSPS) is 20.6. The van der Waals surface area contributed by atoms with Gasteiger partial charge in [0.25, 0.3) is 5.91 Å². The van der Waals surface area contributed by atoms with E-state index < -0.39 is 0 Å². The summed E-state index contributed by atoms with van der Waals surface area (Å²) in [6.07, 6.45) is 5.38. The molecule has 1 aromatic rings. The van der Waals surface area contributed by atoms with Gasteiger partial charge in [0.15, 0.2) is 5.69 Å². The minimum Gasteiger partial charge on any atom is -0.379 e. The van der Waals surface area contributed by atoms with Crippen LogP contribution in [0.25, 0.3) is 0 Å². The van der Waals surface area contributed by atoms with Crippen LogP contribution in [-0.2, 0) is 22.5 Å². The highest BCUT2D eigenvalue weighted by molar-refractivity contribution is 5.94. The lowest BCUT2D eigenvalue weighted by Gasteiger charge is -2.23. The van der Waals surface area contributed by atoms with Crippen LogP contribution in [0, 0.1) is 0 Å². The Labute approximate surface area is 142 Å². The highest BCUT2D eigenvalue weighted by Crippen LogP contribution is 2.18. The van der Waals surface area contributed by atoms with E-state index in [4.69, 9.17) is 4.74 Å². The number of likely N-dealkylation sites (tertiary alicyclic amines) is 1. The molecule has 2 aliphatic heterocycles. The summed E-state index contributed by atoms with van der Waals surface area (Å²) in [5.74, 6) is -0.173. The molecule has 1 aromatic heterocycles. The largest absolute Gasteiger partial charge is 0.379 e. The summed E-state index contributed by atoms with van der Waals surface area (Å²) in [7, 11) is 3.35. The SMILES string of the molecule is CO[C@H]1Cc2cc(C(=O)N(C)CC(=O)N3CCCCCC3)nn2C1. The van der Waals surface area contributed by atoms with Gasteiger partial charge in [-0.3, -0.25) is 14.3 Å². The Morgan fingerprint density at radius 3 is 2.62 bits per heavy atom. The molecule has 2 amide bonds. The first-order valence-electron chi connectivity index (χ1n) is 8.71. The van der Waals surface area contributed by atoms with Crippen molar-refractivity contribution in [2.45, 2.75) is 44.8 Å². The van der Waals surface area contributed by atoms with Gasteiger partial charge in [-0.15, -0.1) is 0 Å². The number of hydrogen-bond acceptors (Lipinski definition) is 4. The predicted molar refractivity (Wildman–Crippen MR) is 88.7 cm³/mol. The molecule has 7 heteroatoms. The first-order chi connectivity index (χ1) is 11.6. The van der Waals surface area contributed by atoms with Gasteiger partial charge >= 0.3 is 0 Å². The molecule has 3 heterocycles. The molecule has 3 rings (SSSR count). The van der Waals surface area contributed by atoms with Gasteiger partial charge < -0.3 is 14.5 Å². The average Bonchev–Trinajstić information content (AvgIpc) is 3.00. The van der Waals surface area contributed by atoms with Crippen LogP contribution in [0.4, 0.5) is 0 Å². The first-order valence-corrected chi connectivity index (χ1v) is 8.71. The Kier molecular flexibility index (Phi) is 5.18. The lowest BCUT2D eigenvalue weighted by atomic mass is 10.2. The quantitative estimate of drug-likeness (QED) is 0.821. The number of aromatic nitrogens is 2. The van der Waals surface area contributed by atoms with E-state index in [1.807, 2.05) is 15.6 Å². The van der Waals surface area contributed by atoms with E-state index in [0.29, 0.717) is 12.2 Å². The maximum atomic E-state index is 12.5. The molecule has 0 radical (unpaired) electrons. The second-order valence-corrected chi connectivity index (χ2v) is 6.72. The van der Waals surface area contributed by atoms with E-state index >= 15 is 0 Å². The van der Waals surface area contributed by atoms with Crippen LogP contribution in [0.15, 0.2) is 6.07 Å². The van der Waals surface area contributed by atoms with Gasteiger partial charge in [0.05, 0.1) is 19.2 Å². The Bertz CT molecular complexity index is 581. The standard InChI is InChI=1S/C17H26N4O3/c1-19(12-16(22)20-7-5-3-4-6-8-20)17(23)15-10-13-9-14(24-2)11-21(13)18-15/h10,14H,3-9,11-12H2,1-2H3/t14-/m0/s1. The van der Waals surface area contributed by atoms with Crippen molar-refractivity contribution in [1.29, 1.82) is 0 Å². The van der Waals surface area contributed by atoms with Crippen molar-refractivity contribution in [1.82, 2.24) is 19.6 Å². The fourth-order valence-electron chi connectivity index (χ4n) is 3.42. The molecular weight excluding hydrogens is 308 g/mol. The molecule has 0 saturated carbocycles. The minimum absolute atomic E-state index is 0.0268. The summed E-state index contributed by atoms with van der Waals surface area (Å²) in [5.41, 5.74) is 1.42. The van der Waals surface area contributed by atoms with Crippen LogP contribution in [-0.4, -0.2) is 71.3 Å². The van der Waals surface area contributed by atoms with Crippen LogP contribution in [0.1, 0.15) is 41.9 Å². The van der Waals surface area contributed by atoms with Gasteiger partial charge in [0, 0.05) is 39.4 Å². The van der Waals surface area contributed by atoms with Gasteiger partial charge in [-0.05, 0) is 18.9 Å². The number of amides is 2. The Hall–Kier alpha value is -1.89. The molecule has 1 atom stereocenters. The molecule has 0 N–H and O–H groups in total. The Morgan fingerprint density at radius 1 is 1.29 bits per heavy atom. The van der Waals surface area contributed by atoms with Crippen molar-refractivity contribution in [3.63, 3.8) is 0 Å². The summed E-state index contributed by atoms with van der Waals surface area (Å²) in [4.78, 5) is 28.3. The van der Waals surface area contributed by atoms with Crippen molar-refractivity contribution < 1.29 is 14.3 Å². The molecule has 132 valence electrons. The molecule has 0 aliphatic carbocycles. The molecular formula is C17H26N4O3. The Morgan fingerprint density at radius 2 is 2.00 bits per heavy atom. The number of likely N-dealkylation sites (N-methyl/N-ethyl adjacent to an activating group) is 1. The fourth-order valence-corrected chi connectivity index (χ4v) is 3.42. The molecule has 0 unspecified atom stereocenters. The summed E-state index contributed by atoms with van der Waals surface area (Å²) in [6.45, 7) is 2.40. The fraction of sp³-hybridized carbons (Fsp3) is 0.706. The molecule has 24 heavy (non-hydrogen) atoms. The smallest absolute Gasteiger partial charge is 0.274 e. The highest BCUT2D eigenvalue weighted by atomic mass is 16.5. The van der Waals surface area contributed by atoms with Gasteiger partial charge in [-0.25, -0.2) is 0 Å². The van der Waals surface area contributed by atoms with E-state index in [2.05, 4.69) is 5.10 Å². The predicted octanol–water partition coefficient (Wildman–Crippen LogP) is 0.929. The minimum atomic E-state index is -0.200. The average molecular weight is 334 g/mol. The van der Waals surface area contributed by atoms with Crippen molar-refractivity contribution in [2.24, 2.45) is 0 Å². The summed E-state index contributed by atoms with van der Waals surface area (Å²) in [5, 5.41) is 4.37. The third-order valence-electron chi connectivity index (χ3n) is 4.91. The number of carbonyl (C=O) groups excluding carboxylic acids is 2. The van der Waals surface area contributed by atoms with E-state index in [1.165, 1.54) is 17.7 Å². The van der Waals surface area contributed by atoms with E-state index in [0.717, 1.165) is 38.0 Å². The van der Waals surface area contributed by atoms with Gasteiger partial charge in [-0.1, -0.05) is 12.8 Å². The second-order valence-electron chi connectivity index (χ2n) is 6.72. The van der Waals surface area contributed by atoms with Crippen molar-refractivity contribution >= 4 is 11.8 Å². The zero-order chi connectivity index (χ0) is 17.1. The van der Waals surface area contributed by atoms with Crippen molar-refractivity contribution in [2.75, 3.05) is 33.8 Å². The number of carbonyl (C=O) groups is 2. The van der Waals surface area contributed by atoms with Crippen LogP contribution < -0.4 is 0 Å². The van der Waals surface area contributed by atoms with Gasteiger partial charge in [0.1, 0.15) is 0 Å². The van der Waals surface area contributed by atoms with E-state index in [-0.39, 0.29) is 24.5 Å². The summed E-state index contributed by atoms with van der Waals surface area (Å²) in [6, 6.07) is 1.81. The molecule has 1 fully saturated rings. The number of ether oxygens (including phenoxy) is 1. The zero-order valence-corrected chi connectivity index (χ0v) is 14.5. The number of hydrogen-bond donors (Lipinski definition) is 0. The molecule has 0 spiro atoms. The number of nitrogens with zero attached hydrogens (tertiary/aromatic N) is 4. The second kappa shape index (κ2) is 7.34. The van der Waals surface area contributed by atoms with Crippen LogP contribution in [0.5, 0.6) is 0 Å². The maximum absolute atomic E-state index is 12.5. The first kappa shape index (κ1) is 17.0. The third-order valence-corrected chi connectivity index (χ3v) is 4.91. The lowest BCUT2D eigenvalue weighted by molar-refractivity contribution is -0.131. The number of rotatable bonds is 4. The van der Waals surface area contributed by atoms with Gasteiger partial charge in [-0.2, -0.15) is 5.10 Å². The maximum Gasteiger partial charge on any atom is 0.274 e. The number of methoxy groups -OCH3 is 1. The van der Waals surface area contributed by atoms with Crippen LogP contribution in [0.3, 0.4) is 0 Å². The topological polar surface area (TPSA) is 67.7 Å². The van der Waals surface area contributed by atoms with Crippen molar-refractivity contribution in [3.8, 4) is 0 Å². The molecule has 2 aliphatic rings. The third kappa shape index (κ3) is 3.61. The van der Waals surface area contributed by atoms with Crippen molar-refractivity contribution in [3.05, 3.63) is 17.5 Å². The van der Waals surface area contributed by atoms with Crippen LogP contribution >= 0.6 is 0 Å². The summed E-state index contributed by atoms with van der Waals surface area (Å²) < 4.78 is 7.15. The monoisotopic (exact) mass is 334 g/mol. The molecule has 0 aromatic carbocycles. The lowest BCUT2D eigenvalue weighted by Crippen LogP contribution is -2.41. The van der Waals surface area contributed by atoms with E-state index in [1.54, 1.807) is 14.2 Å². The van der Waals surface area contributed by atoms with Gasteiger partial charge in [0.2, 0.25) is 5.91 Å². The Balaban J connectivity index is 1.58. The summed E-state index contributed by atoms with van der Waals surface area (Å²) >= 11 is 0. The molecule has 1 saturated heterocycles. The zero-order valence-electron chi connectivity index (χ0n) is 14.5. The van der Waals surface area contributed by atoms with Crippen LogP contribution in [0.2, 0.25) is 0 Å². The highest BCUT2D eigenvalue weighted by Gasteiger charge is 2.27. The molecule has 7 nitrogen and oxygen atoms in total. The molecule has 0 bridgehead atoms. The number of fused-ring (bicyclic) bond motifs is 1.